The van der Waals surface area contributed by atoms with Gasteiger partial charge in [0.05, 0.1) is 12.1 Å². The molecule has 0 spiro atoms. The van der Waals surface area contributed by atoms with Gasteiger partial charge in [-0.25, -0.2) is 0 Å². The summed E-state index contributed by atoms with van der Waals surface area (Å²) in [7, 11) is 0. The van der Waals surface area contributed by atoms with Gasteiger partial charge in [0.25, 0.3) is 0 Å². The molecule has 0 bridgehead atoms. The number of anilines is 1. The van der Waals surface area contributed by atoms with Gasteiger partial charge < -0.3 is 14.2 Å². The summed E-state index contributed by atoms with van der Waals surface area (Å²) in [6.07, 6.45) is 0. The summed E-state index contributed by atoms with van der Waals surface area (Å²) in [6.45, 7) is 0.941. The number of ether oxygens (including phenoxy) is 1. The Morgan fingerprint density at radius 1 is 1.07 bits per heavy atom. The van der Waals surface area contributed by atoms with Crippen LogP contribution in [0, 0.1) is 0 Å². The zero-order chi connectivity index (χ0) is 20.2. The molecule has 0 N–H and O–H groups in total. The molecule has 2 aromatic carbocycles. The van der Waals surface area contributed by atoms with Gasteiger partial charge in [0.2, 0.25) is 11.7 Å². The van der Waals surface area contributed by atoms with Gasteiger partial charge in [-0.05, 0) is 30.3 Å². The minimum atomic E-state index is -2.92. The minimum Gasteiger partial charge on any atom is -0.434 e. The van der Waals surface area contributed by atoms with Crippen molar-refractivity contribution in [3.8, 4) is 17.1 Å². The maximum absolute atomic E-state index is 12.6. The normalized spacial score (nSPS) is 15.1. The summed E-state index contributed by atoms with van der Waals surface area (Å²) in [5.74, 6) is 0.682. The quantitative estimate of drug-likeness (QED) is 0.592. The number of piperazine rings is 1. The zero-order valence-electron chi connectivity index (χ0n) is 15.5. The number of halogens is 3. The van der Waals surface area contributed by atoms with E-state index in [1.54, 1.807) is 18.2 Å². The topological polar surface area (TPSA) is 54.6 Å². The second-order valence-corrected chi connectivity index (χ2v) is 7.07. The summed E-state index contributed by atoms with van der Waals surface area (Å²) in [5.41, 5.74) is 1.47. The number of rotatable bonds is 6. The maximum atomic E-state index is 12.6. The predicted octanol–water partition coefficient (Wildman–Crippen LogP) is 4.31. The number of nitrogens with zero attached hydrogens (tertiary/aromatic N) is 4. The molecule has 0 radical (unpaired) electrons. The van der Waals surface area contributed by atoms with Crippen LogP contribution in [0.4, 0.5) is 14.5 Å². The van der Waals surface area contributed by atoms with Crippen LogP contribution in [0.1, 0.15) is 5.89 Å². The van der Waals surface area contributed by atoms with E-state index in [4.69, 9.17) is 16.1 Å². The molecule has 1 aliphatic heterocycles. The van der Waals surface area contributed by atoms with Crippen LogP contribution in [0.25, 0.3) is 11.4 Å². The highest BCUT2D eigenvalue weighted by Crippen LogP contribution is 2.29. The third kappa shape index (κ3) is 4.83. The summed E-state index contributed by atoms with van der Waals surface area (Å²) in [4.78, 5) is 8.84. The molecule has 0 saturated carbocycles. The van der Waals surface area contributed by atoms with Crippen LogP contribution in [-0.2, 0) is 6.54 Å². The largest absolute Gasteiger partial charge is 0.434 e. The Hall–Kier alpha value is -2.71. The Balaban J connectivity index is 1.38. The van der Waals surface area contributed by atoms with Gasteiger partial charge in [0.15, 0.2) is 0 Å². The van der Waals surface area contributed by atoms with Crippen LogP contribution in [0.3, 0.4) is 0 Å². The number of para-hydroxylation sites is 1. The van der Waals surface area contributed by atoms with Crippen molar-refractivity contribution in [3.63, 3.8) is 0 Å². The number of hydrogen-bond acceptors (Lipinski definition) is 6. The van der Waals surface area contributed by atoms with Gasteiger partial charge in [-0.1, -0.05) is 35.0 Å². The third-order valence-corrected chi connectivity index (χ3v) is 4.95. The second-order valence-electron chi connectivity index (χ2n) is 6.63. The predicted molar refractivity (Wildman–Crippen MR) is 105 cm³/mol. The van der Waals surface area contributed by atoms with Crippen molar-refractivity contribution in [1.29, 1.82) is 0 Å². The average Bonchev–Trinajstić information content (AvgIpc) is 3.17. The fourth-order valence-electron chi connectivity index (χ4n) is 3.31. The molecular formula is C20H19ClF2N4O2. The first-order valence-corrected chi connectivity index (χ1v) is 9.56. The van der Waals surface area contributed by atoms with Crippen LogP contribution < -0.4 is 9.64 Å². The SMILES string of the molecule is FC(F)Oc1ccccc1-c1noc(CN2CCN(c3cccc(Cl)c3)CC2)n1. The Bertz CT molecular complexity index is 961. The van der Waals surface area contributed by atoms with Gasteiger partial charge in [-0.2, -0.15) is 13.8 Å². The Kier molecular flexibility index (Phi) is 5.92. The van der Waals surface area contributed by atoms with Gasteiger partial charge >= 0.3 is 6.61 Å². The lowest BCUT2D eigenvalue weighted by Crippen LogP contribution is -2.46. The van der Waals surface area contributed by atoms with Crippen molar-refractivity contribution in [2.75, 3.05) is 31.1 Å². The van der Waals surface area contributed by atoms with Crippen molar-refractivity contribution in [3.05, 3.63) is 59.4 Å². The summed E-state index contributed by atoms with van der Waals surface area (Å²) < 4.78 is 35.1. The highest BCUT2D eigenvalue weighted by atomic mass is 35.5. The van der Waals surface area contributed by atoms with Crippen LogP contribution in [0.5, 0.6) is 5.75 Å². The molecular weight excluding hydrogens is 402 g/mol. The molecule has 1 fully saturated rings. The molecule has 3 aromatic rings. The standard InChI is InChI=1S/C20H19ClF2N4O2/c21-14-4-3-5-15(12-14)27-10-8-26(9-11-27)13-18-24-19(25-29-18)16-6-1-2-7-17(16)28-20(22)23/h1-7,12,20H,8-11,13H2. The van der Waals surface area contributed by atoms with E-state index in [-0.39, 0.29) is 11.6 Å². The number of alkyl halides is 2. The van der Waals surface area contributed by atoms with Crippen molar-refractivity contribution < 1.29 is 18.0 Å². The summed E-state index contributed by atoms with van der Waals surface area (Å²) in [5, 5.41) is 4.65. The lowest BCUT2D eigenvalue weighted by Gasteiger charge is -2.35. The van der Waals surface area contributed by atoms with E-state index in [1.165, 1.54) is 6.07 Å². The van der Waals surface area contributed by atoms with Crippen LogP contribution in [-0.4, -0.2) is 47.8 Å². The van der Waals surface area contributed by atoms with E-state index in [9.17, 15) is 8.78 Å². The van der Waals surface area contributed by atoms with Gasteiger partial charge in [-0.15, -0.1) is 0 Å². The van der Waals surface area contributed by atoms with E-state index in [0.29, 0.717) is 18.0 Å². The van der Waals surface area contributed by atoms with Crippen LogP contribution in [0.2, 0.25) is 5.02 Å². The van der Waals surface area contributed by atoms with Crippen molar-refractivity contribution in [2.24, 2.45) is 0 Å². The number of benzene rings is 2. The highest BCUT2D eigenvalue weighted by molar-refractivity contribution is 6.30. The molecule has 0 amide bonds. The summed E-state index contributed by atoms with van der Waals surface area (Å²) in [6, 6.07) is 14.2. The lowest BCUT2D eigenvalue weighted by atomic mass is 10.2. The van der Waals surface area contributed by atoms with E-state index < -0.39 is 6.61 Å². The van der Waals surface area contributed by atoms with Crippen molar-refractivity contribution >= 4 is 17.3 Å². The second kappa shape index (κ2) is 8.75. The Morgan fingerprint density at radius 2 is 1.86 bits per heavy atom. The molecule has 4 rings (SSSR count). The monoisotopic (exact) mass is 420 g/mol. The molecule has 1 aromatic heterocycles. The van der Waals surface area contributed by atoms with E-state index in [0.717, 1.165) is 36.9 Å². The molecule has 2 heterocycles. The maximum Gasteiger partial charge on any atom is 0.387 e. The molecule has 9 heteroatoms. The molecule has 0 atom stereocenters. The zero-order valence-corrected chi connectivity index (χ0v) is 16.2. The first-order valence-electron chi connectivity index (χ1n) is 9.18. The summed E-state index contributed by atoms with van der Waals surface area (Å²) >= 11 is 6.08. The lowest BCUT2D eigenvalue weighted by molar-refractivity contribution is -0.0494. The first-order chi connectivity index (χ1) is 14.1. The Morgan fingerprint density at radius 3 is 2.62 bits per heavy atom. The fourth-order valence-corrected chi connectivity index (χ4v) is 3.49. The van der Waals surface area contributed by atoms with E-state index >= 15 is 0 Å². The molecule has 29 heavy (non-hydrogen) atoms. The fraction of sp³-hybridized carbons (Fsp3) is 0.300. The molecule has 0 aliphatic carbocycles. The van der Waals surface area contributed by atoms with E-state index in [2.05, 4.69) is 24.7 Å². The van der Waals surface area contributed by atoms with Gasteiger partial charge in [0.1, 0.15) is 5.75 Å². The average molecular weight is 421 g/mol. The molecule has 0 unspecified atom stereocenters. The van der Waals surface area contributed by atoms with Gasteiger partial charge in [0, 0.05) is 36.9 Å². The molecule has 152 valence electrons. The molecule has 1 saturated heterocycles. The van der Waals surface area contributed by atoms with Gasteiger partial charge in [-0.3, -0.25) is 4.90 Å². The third-order valence-electron chi connectivity index (χ3n) is 4.72. The minimum absolute atomic E-state index is 0.0185. The van der Waals surface area contributed by atoms with Crippen LogP contribution >= 0.6 is 11.6 Å². The van der Waals surface area contributed by atoms with E-state index in [1.807, 2.05) is 24.3 Å². The van der Waals surface area contributed by atoms with Crippen molar-refractivity contribution in [2.45, 2.75) is 13.2 Å². The molecule has 1 aliphatic rings. The number of aromatic nitrogens is 2. The first kappa shape index (κ1) is 19.6. The highest BCUT2D eigenvalue weighted by Gasteiger charge is 2.21. The van der Waals surface area contributed by atoms with Crippen LogP contribution in [0.15, 0.2) is 53.1 Å². The van der Waals surface area contributed by atoms with Crippen molar-refractivity contribution in [1.82, 2.24) is 15.0 Å². The smallest absolute Gasteiger partial charge is 0.387 e. The Labute approximate surface area is 171 Å². The number of hydrogen-bond donors (Lipinski definition) is 0. The molecule has 6 nitrogen and oxygen atoms in total.